The van der Waals surface area contributed by atoms with E-state index in [4.69, 9.17) is 0 Å². The Kier molecular flexibility index (Phi) is 4.97. The highest BCUT2D eigenvalue weighted by Crippen LogP contribution is 2.29. The zero-order valence-corrected chi connectivity index (χ0v) is 14.5. The Bertz CT molecular complexity index is 811. The largest absolute Gasteiger partial charge is 0.416 e. The van der Waals surface area contributed by atoms with Gasteiger partial charge < -0.3 is 10.6 Å². The fraction of sp³-hybridized carbons (Fsp3) is 0.444. The fourth-order valence-electron chi connectivity index (χ4n) is 2.13. The fourth-order valence-corrected chi connectivity index (χ4v) is 2.13. The molecule has 25 heavy (non-hydrogen) atoms. The molecule has 0 aliphatic carbocycles. The van der Waals surface area contributed by atoms with Crippen LogP contribution >= 0.6 is 0 Å². The minimum atomic E-state index is -4.38. The van der Waals surface area contributed by atoms with Gasteiger partial charge in [-0.3, -0.25) is 9.59 Å². The summed E-state index contributed by atoms with van der Waals surface area (Å²) in [7, 11) is 0. The van der Waals surface area contributed by atoms with E-state index >= 15 is 0 Å². The molecule has 4 nitrogen and oxygen atoms in total. The van der Waals surface area contributed by atoms with E-state index in [0.29, 0.717) is 5.56 Å². The molecule has 0 spiro atoms. The molecule has 0 fully saturated rings. The summed E-state index contributed by atoms with van der Waals surface area (Å²) in [5.41, 5.74) is -1.03. The molecule has 0 bridgehead atoms. The number of halogens is 3. The van der Waals surface area contributed by atoms with Crippen LogP contribution in [0.15, 0.2) is 33.9 Å². The van der Waals surface area contributed by atoms with Crippen LogP contribution in [0.25, 0.3) is 0 Å². The van der Waals surface area contributed by atoms with Crippen molar-refractivity contribution < 1.29 is 13.2 Å². The van der Waals surface area contributed by atoms with E-state index in [1.165, 1.54) is 12.1 Å². The monoisotopic (exact) mass is 354 g/mol. The van der Waals surface area contributed by atoms with E-state index in [1.54, 1.807) is 0 Å². The van der Waals surface area contributed by atoms with E-state index in [0.717, 1.165) is 12.1 Å². The van der Waals surface area contributed by atoms with Gasteiger partial charge in [0, 0.05) is 12.6 Å². The molecule has 0 aliphatic heterocycles. The SMILES string of the molecule is C[C@@H](Nc1c(NCc2ccc(C(F)(F)F)cc2)c(=O)c1=O)C(C)(C)C. The lowest BCUT2D eigenvalue weighted by Crippen LogP contribution is -2.41. The third-order valence-corrected chi connectivity index (χ3v) is 4.32. The molecule has 2 aromatic carbocycles. The normalized spacial score (nSPS) is 13.7. The third-order valence-electron chi connectivity index (χ3n) is 4.32. The van der Waals surface area contributed by atoms with Crippen LogP contribution in [0.5, 0.6) is 0 Å². The van der Waals surface area contributed by atoms with E-state index in [2.05, 4.69) is 10.6 Å². The summed E-state index contributed by atoms with van der Waals surface area (Å²) in [4.78, 5) is 23.5. The first kappa shape index (κ1) is 19.0. The maximum atomic E-state index is 12.5. The molecule has 7 heteroatoms. The maximum Gasteiger partial charge on any atom is 0.416 e. The standard InChI is InChI=1S/C18H21F3N2O2/c1-10(17(2,3)4)23-14-13(15(24)16(14)25)22-9-11-5-7-12(8-6-11)18(19,20)21/h5-8,10,22-23H,9H2,1-4H3/t10-/m1/s1. The van der Waals surface area contributed by atoms with Gasteiger partial charge in [-0.05, 0) is 30.0 Å². The lowest BCUT2D eigenvalue weighted by molar-refractivity contribution is -0.137. The Labute approximate surface area is 143 Å². The molecule has 1 atom stereocenters. The summed E-state index contributed by atoms with van der Waals surface area (Å²) in [5.74, 6) is 0. The molecule has 0 aromatic heterocycles. The van der Waals surface area contributed by atoms with Gasteiger partial charge in [0.25, 0.3) is 10.9 Å². The first-order valence-electron chi connectivity index (χ1n) is 7.91. The summed E-state index contributed by atoms with van der Waals surface area (Å²) < 4.78 is 37.6. The number of anilines is 2. The van der Waals surface area contributed by atoms with Crippen molar-refractivity contribution in [3.63, 3.8) is 0 Å². The van der Waals surface area contributed by atoms with Gasteiger partial charge in [-0.25, -0.2) is 0 Å². The quantitative estimate of drug-likeness (QED) is 0.803. The average molecular weight is 354 g/mol. The van der Waals surface area contributed by atoms with Crippen molar-refractivity contribution in [3.05, 3.63) is 55.8 Å². The molecule has 0 aliphatic rings. The summed E-state index contributed by atoms with van der Waals surface area (Å²) in [6, 6.07) is 4.61. The van der Waals surface area contributed by atoms with Crippen molar-refractivity contribution >= 4 is 11.4 Å². The smallest absolute Gasteiger partial charge is 0.377 e. The highest BCUT2D eigenvalue weighted by atomic mass is 19.4. The topological polar surface area (TPSA) is 58.2 Å². The minimum Gasteiger partial charge on any atom is -0.377 e. The van der Waals surface area contributed by atoms with Crippen molar-refractivity contribution in [1.82, 2.24) is 0 Å². The summed E-state index contributed by atoms with van der Waals surface area (Å²) >= 11 is 0. The zero-order chi connectivity index (χ0) is 19.0. The van der Waals surface area contributed by atoms with Crippen molar-refractivity contribution in [3.8, 4) is 0 Å². The van der Waals surface area contributed by atoms with Gasteiger partial charge in [0.2, 0.25) is 0 Å². The molecule has 0 amide bonds. The number of alkyl halides is 3. The van der Waals surface area contributed by atoms with Crippen molar-refractivity contribution in [2.24, 2.45) is 5.41 Å². The Morgan fingerprint density at radius 1 is 0.960 bits per heavy atom. The van der Waals surface area contributed by atoms with Gasteiger partial charge in [0.1, 0.15) is 11.4 Å². The lowest BCUT2D eigenvalue weighted by atomic mass is 9.87. The number of hydrogen-bond donors (Lipinski definition) is 2. The van der Waals surface area contributed by atoms with Crippen LogP contribution in [0, 0.1) is 5.41 Å². The van der Waals surface area contributed by atoms with Crippen LogP contribution < -0.4 is 21.5 Å². The molecule has 136 valence electrons. The Morgan fingerprint density at radius 3 is 1.96 bits per heavy atom. The van der Waals surface area contributed by atoms with Crippen molar-refractivity contribution in [2.75, 3.05) is 10.6 Å². The van der Waals surface area contributed by atoms with Gasteiger partial charge in [-0.2, -0.15) is 13.2 Å². The average Bonchev–Trinajstić information content (AvgIpc) is 2.52. The number of rotatable bonds is 5. The van der Waals surface area contributed by atoms with E-state index in [1.807, 2.05) is 27.7 Å². The molecule has 2 aromatic rings. The molecule has 0 heterocycles. The van der Waals surface area contributed by atoms with Crippen LogP contribution in [-0.4, -0.2) is 6.04 Å². The Balaban J connectivity index is 2.08. The number of nitrogens with one attached hydrogen (secondary N) is 2. The highest BCUT2D eigenvalue weighted by molar-refractivity contribution is 5.74. The molecule has 0 saturated carbocycles. The summed E-state index contributed by atoms with van der Waals surface area (Å²) in [6.07, 6.45) is -4.38. The number of hydrogen-bond acceptors (Lipinski definition) is 4. The van der Waals surface area contributed by atoms with Crippen molar-refractivity contribution in [1.29, 1.82) is 0 Å². The molecule has 0 saturated heterocycles. The Morgan fingerprint density at radius 2 is 1.48 bits per heavy atom. The van der Waals surface area contributed by atoms with Gasteiger partial charge in [0.05, 0.1) is 5.56 Å². The Hall–Kier alpha value is -2.31. The summed E-state index contributed by atoms with van der Waals surface area (Å²) in [6.45, 7) is 8.08. The second-order valence-corrected chi connectivity index (χ2v) is 7.19. The van der Waals surface area contributed by atoms with E-state index < -0.39 is 22.6 Å². The van der Waals surface area contributed by atoms with Crippen LogP contribution in [0.1, 0.15) is 38.8 Å². The second-order valence-electron chi connectivity index (χ2n) is 7.19. The molecular weight excluding hydrogens is 333 g/mol. The molecule has 0 unspecified atom stereocenters. The predicted octanol–water partition coefficient (Wildman–Crippen LogP) is 3.76. The lowest BCUT2D eigenvalue weighted by Gasteiger charge is -2.30. The number of benzene rings is 1. The first-order valence-corrected chi connectivity index (χ1v) is 7.91. The molecule has 2 rings (SSSR count). The van der Waals surface area contributed by atoms with Crippen LogP contribution in [0.2, 0.25) is 0 Å². The van der Waals surface area contributed by atoms with Crippen LogP contribution in [-0.2, 0) is 12.7 Å². The van der Waals surface area contributed by atoms with Gasteiger partial charge in [-0.15, -0.1) is 0 Å². The predicted molar refractivity (Wildman–Crippen MR) is 92.7 cm³/mol. The molecule has 0 radical (unpaired) electrons. The highest BCUT2D eigenvalue weighted by Gasteiger charge is 2.30. The second kappa shape index (κ2) is 6.54. The zero-order valence-electron chi connectivity index (χ0n) is 14.5. The molecular formula is C18H21F3N2O2. The summed E-state index contributed by atoms with van der Waals surface area (Å²) in [5, 5.41) is 5.90. The first-order chi connectivity index (χ1) is 11.4. The van der Waals surface area contributed by atoms with E-state index in [9.17, 15) is 22.8 Å². The van der Waals surface area contributed by atoms with Crippen LogP contribution in [0.4, 0.5) is 24.5 Å². The van der Waals surface area contributed by atoms with Gasteiger partial charge >= 0.3 is 6.18 Å². The minimum absolute atomic E-state index is 0.0394. The van der Waals surface area contributed by atoms with Crippen molar-refractivity contribution in [2.45, 2.75) is 46.5 Å². The third kappa shape index (κ3) is 4.21. The maximum absolute atomic E-state index is 12.5. The van der Waals surface area contributed by atoms with Gasteiger partial charge in [-0.1, -0.05) is 32.9 Å². The van der Waals surface area contributed by atoms with E-state index in [-0.39, 0.29) is 29.4 Å². The molecule has 2 N–H and O–H groups in total. The van der Waals surface area contributed by atoms with Gasteiger partial charge in [0.15, 0.2) is 0 Å². The van der Waals surface area contributed by atoms with Crippen LogP contribution in [0.3, 0.4) is 0 Å².